The van der Waals surface area contributed by atoms with Crippen LogP contribution in [0.4, 0.5) is 4.79 Å². The minimum Gasteiger partial charge on any atom is -0.444 e. The number of likely N-dealkylation sites (tertiary alicyclic amines) is 1. The molecule has 2 amide bonds. The number of amides is 2. The summed E-state index contributed by atoms with van der Waals surface area (Å²) in [6.07, 6.45) is 0.409. The molecule has 0 aromatic heterocycles. The largest absolute Gasteiger partial charge is 0.444 e. The molecule has 0 aromatic carbocycles. The first-order valence-electron chi connectivity index (χ1n) is 6.24. The zero-order valence-corrected chi connectivity index (χ0v) is 11.1. The Morgan fingerprint density at radius 1 is 1.50 bits per heavy atom. The van der Waals surface area contributed by atoms with Gasteiger partial charge in [-0.1, -0.05) is 0 Å². The van der Waals surface area contributed by atoms with E-state index in [2.05, 4.69) is 5.32 Å². The molecule has 0 aliphatic carbocycles. The first-order chi connectivity index (χ1) is 8.35. The van der Waals surface area contributed by atoms with Gasteiger partial charge < -0.3 is 19.7 Å². The van der Waals surface area contributed by atoms with Crippen molar-refractivity contribution in [1.82, 2.24) is 10.2 Å². The SMILES string of the molecule is CC(C)(C)OC(=O)N1CC[C@@H]2OCC(=O)N[C@@H]2C1. The van der Waals surface area contributed by atoms with Crippen LogP contribution < -0.4 is 5.32 Å². The average molecular weight is 256 g/mol. The zero-order chi connectivity index (χ0) is 13.3. The Balaban J connectivity index is 1.93. The van der Waals surface area contributed by atoms with Crippen molar-refractivity contribution in [1.29, 1.82) is 0 Å². The Labute approximate surface area is 107 Å². The third-order valence-electron chi connectivity index (χ3n) is 2.98. The number of carbonyl (C=O) groups excluding carboxylic acids is 2. The lowest BCUT2D eigenvalue weighted by Gasteiger charge is -2.41. The van der Waals surface area contributed by atoms with Crippen LogP contribution in [0.25, 0.3) is 0 Å². The van der Waals surface area contributed by atoms with Crippen molar-refractivity contribution in [2.75, 3.05) is 19.7 Å². The van der Waals surface area contributed by atoms with Gasteiger partial charge in [-0.3, -0.25) is 4.79 Å². The van der Waals surface area contributed by atoms with Crippen molar-refractivity contribution < 1.29 is 19.1 Å². The summed E-state index contributed by atoms with van der Waals surface area (Å²) in [7, 11) is 0. The highest BCUT2D eigenvalue weighted by atomic mass is 16.6. The monoisotopic (exact) mass is 256 g/mol. The highest BCUT2D eigenvalue weighted by Gasteiger charge is 2.37. The van der Waals surface area contributed by atoms with E-state index in [9.17, 15) is 9.59 Å². The van der Waals surface area contributed by atoms with Crippen molar-refractivity contribution in [3.63, 3.8) is 0 Å². The Hall–Kier alpha value is -1.30. The van der Waals surface area contributed by atoms with Gasteiger partial charge in [0.05, 0.1) is 12.1 Å². The molecule has 2 fully saturated rings. The van der Waals surface area contributed by atoms with Crippen LogP contribution in [0.2, 0.25) is 0 Å². The summed E-state index contributed by atoms with van der Waals surface area (Å²) in [5.41, 5.74) is -0.500. The predicted octanol–water partition coefficient (Wildman–Crippen LogP) is 0.511. The number of carbonyl (C=O) groups is 2. The van der Waals surface area contributed by atoms with Gasteiger partial charge in [-0.15, -0.1) is 0 Å². The molecule has 0 spiro atoms. The second-order valence-corrected chi connectivity index (χ2v) is 5.74. The van der Waals surface area contributed by atoms with Gasteiger partial charge in [0.2, 0.25) is 5.91 Å². The van der Waals surface area contributed by atoms with Crippen LogP contribution in [0.1, 0.15) is 27.2 Å². The number of fused-ring (bicyclic) bond motifs is 1. The topological polar surface area (TPSA) is 67.9 Å². The summed E-state index contributed by atoms with van der Waals surface area (Å²) in [6.45, 7) is 6.68. The normalized spacial score (nSPS) is 28.4. The van der Waals surface area contributed by atoms with Gasteiger partial charge in [-0.25, -0.2) is 4.79 Å². The van der Waals surface area contributed by atoms with Crippen LogP contribution >= 0.6 is 0 Å². The molecule has 6 nitrogen and oxygen atoms in total. The van der Waals surface area contributed by atoms with Crippen molar-refractivity contribution in [2.24, 2.45) is 0 Å². The van der Waals surface area contributed by atoms with Crippen molar-refractivity contribution in [3.8, 4) is 0 Å². The summed E-state index contributed by atoms with van der Waals surface area (Å²) >= 11 is 0. The van der Waals surface area contributed by atoms with Crippen molar-refractivity contribution in [3.05, 3.63) is 0 Å². The van der Waals surface area contributed by atoms with Gasteiger partial charge in [0.15, 0.2) is 0 Å². The highest BCUT2D eigenvalue weighted by Crippen LogP contribution is 2.19. The first-order valence-corrected chi connectivity index (χ1v) is 6.24. The van der Waals surface area contributed by atoms with Gasteiger partial charge in [0.25, 0.3) is 0 Å². The van der Waals surface area contributed by atoms with Gasteiger partial charge in [0.1, 0.15) is 12.2 Å². The number of nitrogens with zero attached hydrogens (tertiary/aromatic N) is 1. The van der Waals surface area contributed by atoms with Crippen molar-refractivity contribution in [2.45, 2.75) is 44.9 Å². The molecule has 0 unspecified atom stereocenters. The fourth-order valence-corrected chi connectivity index (χ4v) is 2.19. The van der Waals surface area contributed by atoms with E-state index in [4.69, 9.17) is 9.47 Å². The summed E-state index contributed by atoms with van der Waals surface area (Å²) in [6, 6.07) is -0.118. The van der Waals surface area contributed by atoms with E-state index in [-0.39, 0.29) is 30.8 Å². The molecule has 0 radical (unpaired) electrons. The summed E-state index contributed by atoms with van der Waals surface area (Å²) in [5, 5.41) is 2.85. The van der Waals surface area contributed by atoms with E-state index in [1.165, 1.54) is 0 Å². The van der Waals surface area contributed by atoms with Crippen molar-refractivity contribution >= 4 is 12.0 Å². The standard InChI is InChI=1S/C12H20N2O4/c1-12(2,3)18-11(16)14-5-4-9-8(6-14)13-10(15)7-17-9/h8-9H,4-7H2,1-3H3,(H,13,15)/t8-,9+/m1/s1. The quantitative estimate of drug-likeness (QED) is 0.685. The second-order valence-electron chi connectivity index (χ2n) is 5.74. The number of morpholine rings is 1. The molecule has 0 aromatic rings. The molecule has 6 heteroatoms. The molecule has 2 rings (SSSR count). The minimum absolute atomic E-state index is 0.0152. The van der Waals surface area contributed by atoms with Crippen LogP contribution in [-0.2, 0) is 14.3 Å². The van der Waals surface area contributed by atoms with Crippen LogP contribution in [-0.4, -0.2) is 54.3 Å². The third-order valence-corrected chi connectivity index (χ3v) is 2.98. The number of nitrogens with one attached hydrogen (secondary N) is 1. The highest BCUT2D eigenvalue weighted by molar-refractivity contribution is 5.78. The van der Waals surface area contributed by atoms with Crippen LogP contribution in [0.3, 0.4) is 0 Å². The lowest BCUT2D eigenvalue weighted by atomic mass is 10.0. The maximum absolute atomic E-state index is 11.9. The molecule has 0 bridgehead atoms. The fourth-order valence-electron chi connectivity index (χ4n) is 2.19. The number of hydrogen-bond acceptors (Lipinski definition) is 4. The fraction of sp³-hybridized carbons (Fsp3) is 0.833. The summed E-state index contributed by atoms with van der Waals surface area (Å²) < 4.78 is 10.7. The Morgan fingerprint density at radius 3 is 2.89 bits per heavy atom. The van der Waals surface area contributed by atoms with E-state index in [0.717, 1.165) is 6.42 Å². The summed E-state index contributed by atoms with van der Waals surface area (Å²) in [5.74, 6) is -0.123. The molecule has 2 aliphatic rings. The second kappa shape index (κ2) is 4.76. The van der Waals surface area contributed by atoms with Gasteiger partial charge >= 0.3 is 6.09 Å². The zero-order valence-electron chi connectivity index (χ0n) is 11.1. The molecule has 18 heavy (non-hydrogen) atoms. The number of ether oxygens (including phenoxy) is 2. The van der Waals surface area contributed by atoms with E-state index in [1.807, 2.05) is 20.8 Å². The van der Waals surface area contributed by atoms with Gasteiger partial charge in [0, 0.05) is 13.1 Å². The van der Waals surface area contributed by atoms with Gasteiger partial charge in [-0.05, 0) is 27.2 Å². The van der Waals surface area contributed by atoms with Crippen LogP contribution in [0.15, 0.2) is 0 Å². The van der Waals surface area contributed by atoms with E-state index in [1.54, 1.807) is 4.90 Å². The van der Waals surface area contributed by atoms with E-state index < -0.39 is 5.60 Å². The Bertz CT molecular complexity index is 350. The lowest BCUT2D eigenvalue weighted by molar-refractivity contribution is -0.140. The van der Waals surface area contributed by atoms with E-state index >= 15 is 0 Å². The molecule has 2 saturated heterocycles. The molecule has 2 atom stereocenters. The smallest absolute Gasteiger partial charge is 0.410 e. The number of piperidine rings is 1. The molecular formula is C12H20N2O4. The predicted molar refractivity (Wildman–Crippen MR) is 64.1 cm³/mol. The molecule has 0 saturated carbocycles. The molecular weight excluding hydrogens is 236 g/mol. The van der Waals surface area contributed by atoms with Crippen LogP contribution in [0.5, 0.6) is 0 Å². The van der Waals surface area contributed by atoms with E-state index in [0.29, 0.717) is 13.1 Å². The number of hydrogen-bond donors (Lipinski definition) is 1. The Morgan fingerprint density at radius 2 is 2.22 bits per heavy atom. The average Bonchev–Trinajstić information content (AvgIpc) is 2.25. The molecule has 2 aliphatic heterocycles. The maximum Gasteiger partial charge on any atom is 0.410 e. The maximum atomic E-state index is 11.9. The third kappa shape index (κ3) is 3.13. The molecule has 1 N–H and O–H groups in total. The molecule has 102 valence electrons. The lowest BCUT2D eigenvalue weighted by Crippen LogP contribution is -2.61. The molecule has 2 heterocycles. The Kier molecular flexibility index (Phi) is 3.47. The summed E-state index contributed by atoms with van der Waals surface area (Å²) in [4.78, 5) is 24.8. The number of rotatable bonds is 0. The minimum atomic E-state index is -0.500. The van der Waals surface area contributed by atoms with Crippen LogP contribution in [0, 0.1) is 0 Å². The van der Waals surface area contributed by atoms with Gasteiger partial charge in [-0.2, -0.15) is 0 Å². The first kappa shape index (κ1) is 13.1.